The molecule has 0 aromatic heterocycles. The minimum Gasteiger partial charge on any atom is -0.348 e. The molecule has 4 atom stereocenters. The lowest BCUT2D eigenvalue weighted by molar-refractivity contribution is -0.125. The van der Waals surface area contributed by atoms with Crippen molar-refractivity contribution in [1.82, 2.24) is 0 Å². The van der Waals surface area contributed by atoms with Gasteiger partial charge in [-0.25, -0.2) is 0 Å². The highest BCUT2D eigenvalue weighted by molar-refractivity contribution is 4.99. The maximum Gasteiger partial charge on any atom is 0.162 e. The summed E-state index contributed by atoms with van der Waals surface area (Å²) in [4.78, 5) is 0. The van der Waals surface area contributed by atoms with Gasteiger partial charge in [0.25, 0.3) is 0 Å². The summed E-state index contributed by atoms with van der Waals surface area (Å²) in [6.07, 6.45) is 29.3. The van der Waals surface area contributed by atoms with Crippen LogP contribution in [-0.2, 0) is 9.47 Å². The fourth-order valence-corrected chi connectivity index (χ4v) is 6.66. The third kappa shape index (κ3) is 32.1. The van der Waals surface area contributed by atoms with Crippen LogP contribution in [0.15, 0.2) is 35.5 Å². The predicted molar refractivity (Wildman–Crippen MR) is 212 cm³/mol. The predicted octanol–water partition coefficient (Wildman–Crippen LogP) is 15.1. The summed E-state index contributed by atoms with van der Waals surface area (Å²) in [7, 11) is 0. The average Bonchev–Trinajstić information content (AvgIpc) is 2.96. The average molecular weight is 659 g/mol. The Bertz CT molecular complexity index is 732. The van der Waals surface area contributed by atoms with Crippen LogP contribution in [0.2, 0.25) is 0 Å². The van der Waals surface area contributed by atoms with Crippen molar-refractivity contribution in [2.75, 3.05) is 13.2 Å². The molecule has 4 unspecified atom stereocenters. The van der Waals surface area contributed by atoms with E-state index in [2.05, 4.69) is 94.9 Å². The fraction of sp³-hybridized carbons (Fsp3) is 0.867. The lowest BCUT2D eigenvalue weighted by Gasteiger charge is -2.18. The lowest BCUT2D eigenvalue weighted by Crippen LogP contribution is -2.18. The van der Waals surface area contributed by atoms with Crippen molar-refractivity contribution in [3.8, 4) is 0 Å². The molecule has 2 heteroatoms. The molecular weight excluding hydrogens is 572 g/mol. The molecule has 2 nitrogen and oxygen atoms in total. The van der Waals surface area contributed by atoms with E-state index in [0.29, 0.717) is 13.2 Å². The third-order valence-electron chi connectivity index (χ3n) is 10.2. The minimum absolute atomic E-state index is 0.221. The van der Waals surface area contributed by atoms with Gasteiger partial charge in [-0.2, -0.15) is 0 Å². The minimum atomic E-state index is -0.221. The first kappa shape index (κ1) is 46.1. The molecule has 0 aliphatic rings. The van der Waals surface area contributed by atoms with Crippen LogP contribution in [0.4, 0.5) is 0 Å². The zero-order valence-electron chi connectivity index (χ0n) is 34.1. The van der Waals surface area contributed by atoms with Crippen LogP contribution in [0.25, 0.3) is 0 Å². The number of rotatable bonds is 32. The van der Waals surface area contributed by atoms with Crippen molar-refractivity contribution in [3.05, 3.63) is 35.5 Å². The summed E-state index contributed by atoms with van der Waals surface area (Å²) >= 11 is 0. The van der Waals surface area contributed by atoms with Crippen molar-refractivity contribution < 1.29 is 9.47 Å². The van der Waals surface area contributed by atoms with Crippen LogP contribution in [0.1, 0.15) is 198 Å². The molecule has 0 fully saturated rings. The third-order valence-corrected chi connectivity index (χ3v) is 10.2. The van der Waals surface area contributed by atoms with Crippen molar-refractivity contribution in [2.45, 2.75) is 204 Å². The Morgan fingerprint density at radius 2 is 0.766 bits per heavy atom. The summed E-state index contributed by atoms with van der Waals surface area (Å²) in [6, 6.07) is 0. The van der Waals surface area contributed by atoms with Crippen LogP contribution < -0.4 is 0 Å². The Labute approximate surface area is 297 Å². The summed E-state index contributed by atoms with van der Waals surface area (Å²) in [5.41, 5.74) is 3.98. The molecule has 0 amide bonds. The Morgan fingerprint density at radius 1 is 0.468 bits per heavy atom. The molecule has 0 aliphatic heterocycles. The van der Waals surface area contributed by atoms with Gasteiger partial charge in [-0.15, -0.1) is 0 Å². The standard InChI is InChI=1S/C45H86O2/c1-36(2)19-13-21-39(7)23-15-25-41(9)27-17-29-43(11)31-33-46-45(35-38(5)6)47-34-32-44(12)30-18-28-42(10)26-16-24-40(8)22-14-20-37(3)4/h31-32,36-37,39-42,45H,5,13-30,33-35H2,1-4,6-12H3. The summed E-state index contributed by atoms with van der Waals surface area (Å²) in [5.74, 6) is 5.14. The van der Waals surface area contributed by atoms with Gasteiger partial charge in [0.1, 0.15) is 0 Å². The summed E-state index contributed by atoms with van der Waals surface area (Å²) in [6.45, 7) is 31.1. The molecule has 0 saturated carbocycles. The van der Waals surface area contributed by atoms with E-state index in [0.717, 1.165) is 47.5 Å². The van der Waals surface area contributed by atoms with E-state index in [1.807, 2.05) is 0 Å². The molecule has 0 heterocycles. The normalized spacial score (nSPS) is 16.1. The van der Waals surface area contributed by atoms with Gasteiger partial charge in [0.2, 0.25) is 0 Å². The second-order valence-electron chi connectivity index (χ2n) is 17.1. The van der Waals surface area contributed by atoms with E-state index < -0.39 is 0 Å². The number of allylic oxidation sites excluding steroid dienone is 2. The highest BCUT2D eigenvalue weighted by Gasteiger charge is 2.11. The monoisotopic (exact) mass is 659 g/mol. The van der Waals surface area contributed by atoms with Crippen LogP contribution in [0.5, 0.6) is 0 Å². The smallest absolute Gasteiger partial charge is 0.162 e. The van der Waals surface area contributed by atoms with Gasteiger partial charge in [0, 0.05) is 6.42 Å². The molecule has 0 aromatic rings. The van der Waals surface area contributed by atoms with Gasteiger partial charge in [0.15, 0.2) is 6.29 Å². The van der Waals surface area contributed by atoms with Gasteiger partial charge in [0.05, 0.1) is 13.2 Å². The van der Waals surface area contributed by atoms with E-state index in [9.17, 15) is 0 Å². The topological polar surface area (TPSA) is 18.5 Å². The highest BCUT2D eigenvalue weighted by Crippen LogP contribution is 2.24. The van der Waals surface area contributed by atoms with Crippen LogP contribution in [0.3, 0.4) is 0 Å². The lowest BCUT2D eigenvalue weighted by atomic mass is 9.91. The quantitative estimate of drug-likeness (QED) is 0.0529. The maximum atomic E-state index is 6.16. The molecule has 0 spiro atoms. The molecule has 0 saturated heterocycles. The van der Waals surface area contributed by atoms with Gasteiger partial charge >= 0.3 is 0 Å². The number of ether oxygens (including phenoxy) is 2. The number of hydrogen-bond acceptors (Lipinski definition) is 2. The Balaban J connectivity index is 4.19. The second kappa shape index (κ2) is 30.0. The zero-order chi connectivity index (χ0) is 35.5. The van der Waals surface area contributed by atoms with Crippen LogP contribution in [0, 0.1) is 35.5 Å². The van der Waals surface area contributed by atoms with E-state index >= 15 is 0 Å². The van der Waals surface area contributed by atoms with Gasteiger partial charge in [-0.3, -0.25) is 0 Å². The van der Waals surface area contributed by atoms with E-state index in [4.69, 9.17) is 9.47 Å². The van der Waals surface area contributed by atoms with E-state index in [1.54, 1.807) is 0 Å². The molecule has 278 valence electrons. The molecule has 0 rings (SSSR count). The van der Waals surface area contributed by atoms with Crippen molar-refractivity contribution in [2.24, 2.45) is 35.5 Å². The molecular formula is C45H86O2. The SMILES string of the molecule is C=C(C)CC(OCC=C(C)CCCC(C)CCCC(C)CCCC(C)C)OCC=C(C)CCCC(C)CCCC(C)CCCC(C)C. The molecule has 0 radical (unpaired) electrons. The van der Waals surface area contributed by atoms with Crippen molar-refractivity contribution >= 4 is 0 Å². The molecule has 47 heavy (non-hydrogen) atoms. The maximum absolute atomic E-state index is 6.16. The first-order valence-electron chi connectivity index (χ1n) is 20.5. The Morgan fingerprint density at radius 3 is 1.06 bits per heavy atom. The van der Waals surface area contributed by atoms with Crippen molar-refractivity contribution in [3.63, 3.8) is 0 Å². The van der Waals surface area contributed by atoms with Gasteiger partial charge in [-0.1, -0.05) is 181 Å². The van der Waals surface area contributed by atoms with E-state index in [-0.39, 0.29) is 6.29 Å². The first-order chi connectivity index (χ1) is 22.3. The first-order valence-corrected chi connectivity index (χ1v) is 20.5. The molecule has 0 aliphatic carbocycles. The largest absolute Gasteiger partial charge is 0.348 e. The van der Waals surface area contributed by atoms with Crippen LogP contribution in [-0.4, -0.2) is 19.5 Å². The molecule has 0 aromatic carbocycles. The van der Waals surface area contributed by atoms with Gasteiger partial charge < -0.3 is 9.47 Å². The second-order valence-corrected chi connectivity index (χ2v) is 17.1. The highest BCUT2D eigenvalue weighted by atomic mass is 16.7. The zero-order valence-corrected chi connectivity index (χ0v) is 34.1. The number of hydrogen-bond donors (Lipinski definition) is 0. The Kier molecular flexibility index (Phi) is 29.5. The summed E-state index contributed by atoms with van der Waals surface area (Å²) in [5, 5.41) is 0. The molecule has 0 bridgehead atoms. The Hall–Kier alpha value is -0.860. The fourth-order valence-electron chi connectivity index (χ4n) is 6.66. The molecule has 0 N–H and O–H groups in total. The van der Waals surface area contributed by atoms with Crippen molar-refractivity contribution in [1.29, 1.82) is 0 Å². The van der Waals surface area contributed by atoms with E-state index in [1.165, 1.54) is 127 Å². The van der Waals surface area contributed by atoms with Crippen LogP contribution >= 0.6 is 0 Å². The summed E-state index contributed by atoms with van der Waals surface area (Å²) < 4.78 is 12.3. The van der Waals surface area contributed by atoms with Gasteiger partial charge in [-0.05, 0) is 82.0 Å².